The molecule has 0 aliphatic heterocycles. The first-order valence-electron chi connectivity index (χ1n) is 9.79. The normalized spacial score (nSPS) is 10.9. The van der Waals surface area contributed by atoms with Crippen LogP contribution in [0.2, 0.25) is 5.02 Å². The fourth-order valence-electron chi connectivity index (χ4n) is 3.00. The molecule has 0 bridgehead atoms. The fraction of sp³-hybridized carbons (Fsp3) is 0.130. The second kappa shape index (κ2) is 10.4. The molecule has 0 aliphatic carbocycles. The van der Waals surface area contributed by atoms with E-state index in [9.17, 15) is 18.0 Å². The molecule has 172 valence electrons. The second-order valence-electron chi connectivity index (χ2n) is 6.97. The predicted molar refractivity (Wildman–Crippen MR) is 128 cm³/mol. The number of amides is 2. The number of nitrogens with one attached hydrogen (secondary N) is 2. The highest BCUT2D eigenvalue weighted by atomic mass is 35.5. The molecule has 0 unspecified atom stereocenters. The van der Waals surface area contributed by atoms with Gasteiger partial charge in [-0.25, -0.2) is 8.42 Å². The van der Waals surface area contributed by atoms with Gasteiger partial charge in [0.05, 0.1) is 17.7 Å². The lowest BCUT2D eigenvalue weighted by Gasteiger charge is -2.24. The lowest BCUT2D eigenvalue weighted by Crippen LogP contribution is -2.38. The topological polar surface area (TPSA) is 105 Å². The third kappa shape index (κ3) is 6.24. The lowest BCUT2D eigenvalue weighted by molar-refractivity contribution is -0.115. The van der Waals surface area contributed by atoms with Crippen molar-refractivity contribution in [2.75, 3.05) is 28.6 Å². The van der Waals surface area contributed by atoms with Crippen molar-refractivity contribution in [1.82, 2.24) is 0 Å². The van der Waals surface area contributed by atoms with Gasteiger partial charge >= 0.3 is 0 Å². The molecule has 0 fully saturated rings. The van der Waals surface area contributed by atoms with Crippen LogP contribution in [0.4, 0.5) is 17.1 Å². The Labute approximate surface area is 197 Å². The van der Waals surface area contributed by atoms with Gasteiger partial charge in [0.25, 0.3) is 10.0 Å². The second-order valence-corrected chi connectivity index (χ2v) is 9.27. The van der Waals surface area contributed by atoms with E-state index in [0.717, 1.165) is 4.31 Å². The number of methoxy groups -OCH3 is 1. The molecule has 0 atom stereocenters. The van der Waals surface area contributed by atoms with Crippen LogP contribution in [0.1, 0.15) is 6.92 Å². The van der Waals surface area contributed by atoms with Gasteiger partial charge in [0.2, 0.25) is 11.8 Å². The Morgan fingerprint density at radius 2 is 1.61 bits per heavy atom. The van der Waals surface area contributed by atoms with E-state index in [2.05, 4.69) is 10.6 Å². The van der Waals surface area contributed by atoms with Gasteiger partial charge in [-0.1, -0.05) is 17.7 Å². The summed E-state index contributed by atoms with van der Waals surface area (Å²) >= 11 is 5.96. The lowest BCUT2D eigenvalue weighted by atomic mass is 10.3. The smallest absolute Gasteiger partial charge is 0.264 e. The van der Waals surface area contributed by atoms with E-state index in [-0.39, 0.29) is 16.5 Å². The maximum absolute atomic E-state index is 13.5. The van der Waals surface area contributed by atoms with Crippen molar-refractivity contribution in [3.8, 4) is 5.75 Å². The van der Waals surface area contributed by atoms with Crippen LogP contribution in [0.15, 0.2) is 77.7 Å². The summed E-state index contributed by atoms with van der Waals surface area (Å²) in [6.07, 6.45) is 0. The zero-order valence-corrected chi connectivity index (χ0v) is 19.5. The molecule has 10 heteroatoms. The van der Waals surface area contributed by atoms with E-state index in [1.165, 1.54) is 38.3 Å². The molecule has 3 rings (SSSR count). The zero-order chi connectivity index (χ0) is 24.0. The van der Waals surface area contributed by atoms with E-state index in [1.807, 2.05) is 0 Å². The Bertz CT molecular complexity index is 1250. The van der Waals surface area contributed by atoms with Crippen molar-refractivity contribution >= 4 is 50.5 Å². The van der Waals surface area contributed by atoms with Crippen LogP contribution in [-0.2, 0) is 19.6 Å². The maximum atomic E-state index is 13.5. The largest absolute Gasteiger partial charge is 0.497 e. The summed E-state index contributed by atoms with van der Waals surface area (Å²) < 4.78 is 33.1. The minimum absolute atomic E-state index is 0.0389. The summed E-state index contributed by atoms with van der Waals surface area (Å²) in [7, 11) is -2.62. The summed E-state index contributed by atoms with van der Waals surface area (Å²) in [5.74, 6) is -0.284. The summed E-state index contributed by atoms with van der Waals surface area (Å²) in [4.78, 5) is 23.9. The van der Waals surface area contributed by atoms with Crippen LogP contribution in [0.5, 0.6) is 5.75 Å². The zero-order valence-electron chi connectivity index (χ0n) is 17.9. The SMILES string of the molecule is COc1ccc(N(CC(=O)Nc2cccc(Cl)c2)S(=O)(=O)c2ccc(NC(C)=O)cc2)cc1. The quantitative estimate of drug-likeness (QED) is 0.497. The number of carbonyl (C=O) groups is 2. The summed E-state index contributed by atoms with van der Waals surface area (Å²) in [5.41, 5.74) is 1.18. The van der Waals surface area contributed by atoms with Crippen LogP contribution in [0.25, 0.3) is 0 Å². The van der Waals surface area contributed by atoms with E-state index < -0.39 is 22.5 Å². The molecular formula is C23H22ClN3O5S. The number of halogens is 1. The highest BCUT2D eigenvalue weighted by Gasteiger charge is 2.27. The third-order valence-corrected chi connectivity index (χ3v) is 6.54. The molecule has 0 radical (unpaired) electrons. The van der Waals surface area contributed by atoms with Gasteiger partial charge in [-0.2, -0.15) is 0 Å². The number of carbonyl (C=O) groups excluding carboxylic acids is 2. The summed E-state index contributed by atoms with van der Waals surface area (Å²) in [6.45, 7) is 0.878. The number of benzene rings is 3. The molecule has 0 aliphatic rings. The van der Waals surface area contributed by atoms with Crippen molar-refractivity contribution in [3.05, 3.63) is 77.8 Å². The molecule has 2 N–H and O–H groups in total. The van der Waals surface area contributed by atoms with Crippen molar-refractivity contribution in [3.63, 3.8) is 0 Å². The van der Waals surface area contributed by atoms with Crippen LogP contribution < -0.4 is 19.7 Å². The molecule has 0 heterocycles. The molecule has 8 nitrogen and oxygen atoms in total. The van der Waals surface area contributed by atoms with Crippen molar-refractivity contribution in [1.29, 1.82) is 0 Å². The Hall–Kier alpha value is -3.56. The minimum Gasteiger partial charge on any atom is -0.497 e. The highest BCUT2D eigenvalue weighted by molar-refractivity contribution is 7.92. The molecule has 0 spiro atoms. The first-order chi connectivity index (χ1) is 15.7. The molecule has 0 aromatic heterocycles. The van der Waals surface area contributed by atoms with Crippen molar-refractivity contribution < 1.29 is 22.7 Å². The molecular weight excluding hydrogens is 466 g/mol. The standard InChI is InChI=1S/C23H22ClN3O5S/c1-16(28)25-18-6-12-22(13-7-18)33(30,31)27(20-8-10-21(32-2)11-9-20)15-23(29)26-19-5-3-4-17(24)14-19/h3-14H,15H2,1-2H3,(H,25,28)(H,26,29). The summed E-state index contributed by atoms with van der Waals surface area (Å²) in [5, 5.41) is 5.68. The number of anilines is 3. The summed E-state index contributed by atoms with van der Waals surface area (Å²) in [6, 6.07) is 18.5. The van der Waals surface area contributed by atoms with Gasteiger partial charge in [-0.05, 0) is 66.7 Å². The van der Waals surface area contributed by atoms with E-state index in [0.29, 0.717) is 22.1 Å². The Morgan fingerprint density at radius 3 is 2.18 bits per heavy atom. The van der Waals surface area contributed by atoms with Crippen LogP contribution >= 0.6 is 11.6 Å². The molecule has 0 saturated carbocycles. The molecule has 3 aromatic carbocycles. The monoisotopic (exact) mass is 487 g/mol. The van der Waals surface area contributed by atoms with E-state index >= 15 is 0 Å². The number of hydrogen-bond donors (Lipinski definition) is 2. The van der Waals surface area contributed by atoms with Crippen LogP contribution in [-0.4, -0.2) is 33.9 Å². The van der Waals surface area contributed by atoms with E-state index in [1.54, 1.807) is 48.5 Å². The van der Waals surface area contributed by atoms with Gasteiger partial charge in [0.1, 0.15) is 12.3 Å². The number of rotatable bonds is 8. The fourth-order valence-corrected chi connectivity index (χ4v) is 4.61. The Balaban J connectivity index is 1.93. The average Bonchev–Trinajstić information content (AvgIpc) is 2.77. The van der Waals surface area contributed by atoms with Gasteiger partial charge in [0.15, 0.2) is 0 Å². The predicted octanol–water partition coefficient (Wildman–Crippen LogP) is 4.14. The first kappa shape index (κ1) is 24.1. The Morgan fingerprint density at radius 1 is 0.939 bits per heavy atom. The third-order valence-electron chi connectivity index (χ3n) is 4.52. The Kier molecular flexibility index (Phi) is 7.57. The maximum Gasteiger partial charge on any atom is 0.264 e. The molecule has 3 aromatic rings. The van der Waals surface area contributed by atoms with Gasteiger partial charge in [0, 0.05) is 23.3 Å². The first-order valence-corrected chi connectivity index (χ1v) is 11.6. The number of ether oxygens (including phenoxy) is 1. The van der Waals surface area contributed by atoms with Crippen molar-refractivity contribution in [2.24, 2.45) is 0 Å². The minimum atomic E-state index is -4.12. The molecule has 0 saturated heterocycles. The number of nitrogens with zero attached hydrogens (tertiary/aromatic N) is 1. The molecule has 33 heavy (non-hydrogen) atoms. The molecule has 2 amide bonds. The van der Waals surface area contributed by atoms with E-state index in [4.69, 9.17) is 16.3 Å². The number of hydrogen-bond acceptors (Lipinski definition) is 5. The van der Waals surface area contributed by atoms with Gasteiger partial charge in [-0.3, -0.25) is 13.9 Å². The van der Waals surface area contributed by atoms with Crippen LogP contribution in [0, 0.1) is 0 Å². The van der Waals surface area contributed by atoms with Crippen molar-refractivity contribution in [2.45, 2.75) is 11.8 Å². The number of sulfonamides is 1. The van der Waals surface area contributed by atoms with Crippen LogP contribution in [0.3, 0.4) is 0 Å². The van der Waals surface area contributed by atoms with Gasteiger partial charge < -0.3 is 15.4 Å². The van der Waals surface area contributed by atoms with Gasteiger partial charge in [-0.15, -0.1) is 0 Å². The highest BCUT2D eigenvalue weighted by Crippen LogP contribution is 2.27. The average molecular weight is 488 g/mol.